The molecule has 0 aromatic carbocycles. The van der Waals surface area contributed by atoms with Crippen LogP contribution in [0.1, 0.15) is 43.3 Å². The SMILES string of the molecule is CC(C)[C@@H]1CC[C@@H](C)C(C(=O)c2cccs2)C1=O. The van der Waals surface area contributed by atoms with Crippen molar-refractivity contribution in [3.05, 3.63) is 22.4 Å². The summed E-state index contributed by atoms with van der Waals surface area (Å²) in [5.74, 6) is 0.376. The Balaban J connectivity index is 2.24. The lowest BCUT2D eigenvalue weighted by Gasteiger charge is -2.33. The van der Waals surface area contributed by atoms with Gasteiger partial charge in [-0.15, -0.1) is 11.3 Å². The maximum absolute atomic E-state index is 12.5. The minimum Gasteiger partial charge on any atom is -0.299 e. The first-order chi connectivity index (χ1) is 8.52. The van der Waals surface area contributed by atoms with Crippen LogP contribution in [-0.4, -0.2) is 11.6 Å². The summed E-state index contributed by atoms with van der Waals surface area (Å²) in [5, 5.41) is 1.89. The number of Topliss-reactive ketones (excluding diaryl/α,β-unsaturated/α-hetero) is 2. The van der Waals surface area contributed by atoms with Gasteiger partial charge in [0, 0.05) is 5.92 Å². The molecule has 2 rings (SSSR count). The summed E-state index contributed by atoms with van der Waals surface area (Å²) in [6.45, 7) is 6.18. The zero-order chi connectivity index (χ0) is 13.3. The van der Waals surface area contributed by atoms with Crippen molar-refractivity contribution in [2.24, 2.45) is 23.7 Å². The third-order valence-electron chi connectivity index (χ3n) is 4.03. The van der Waals surface area contributed by atoms with Gasteiger partial charge in [-0.1, -0.05) is 26.8 Å². The van der Waals surface area contributed by atoms with E-state index in [0.717, 1.165) is 17.7 Å². The van der Waals surface area contributed by atoms with Crippen LogP contribution in [0, 0.1) is 23.7 Å². The van der Waals surface area contributed by atoms with Crippen LogP contribution in [0.3, 0.4) is 0 Å². The van der Waals surface area contributed by atoms with Crippen LogP contribution in [0.15, 0.2) is 17.5 Å². The van der Waals surface area contributed by atoms with E-state index in [4.69, 9.17) is 0 Å². The molecule has 1 aromatic heterocycles. The van der Waals surface area contributed by atoms with E-state index in [-0.39, 0.29) is 23.4 Å². The van der Waals surface area contributed by atoms with Gasteiger partial charge in [-0.2, -0.15) is 0 Å². The second-order valence-corrected chi connectivity index (χ2v) is 6.57. The summed E-state index contributed by atoms with van der Waals surface area (Å²) in [5.41, 5.74) is 0. The first-order valence-electron chi connectivity index (χ1n) is 6.63. The van der Waals surface area contributed by atoms with Crippen LogP contribution < -0.4 is 0 Å². The third kappa shape index (κ3) is 2.41. The maximum atomic E-state index is 12.5. The second-order valence-electron chi connectivity index (χ2n) is 5.63. The fourth-order valence-corrected chi connectivity index (χ4v) is 3.59. The molecule has 2 nitrogen and oxygen atoms in total. The average Bonchev–Trinajstić information content (AvgIpc) is 2.81. The Kier molecular flexibility index (Phi) is 4.00. The zero-order valence-corrected chi connectivity index (χ0v) is 12.0. The fourth-order valence-electron chi connectivity index (χ4n) is 2.88. The number of carbonyl (C=O) groups excluding carboxylic acids is 2. The van der Waals surface area contributed by atoms with Gasteiger partial charge in [0.05, 0.1) is 10.8 Å². The van der Waals surface area contributed by atoms with Crippen molar-refractivity contribution in [3.63, 3.8) is 0 Å². The smallest absolute Gasteiger partial charge is 0.183 e. The molecule has 0 aliphatic heterocycles. The van der Waals surface area contributed by atoms with Crippen LogP contribution in [0.4, 0.5) is 0 Å². The summed E-state index contributed by atoms with van der Waals surface area (Å²) in [7, 11) is 0. The number of carbonyl (C=O) groups is 2. The predicted octanol–water partition coefficient (Wildman–Crippen LogP) is 3.82. The Hall–Kier alpha value is -0.960. The summed E-state index contributed by atoms with van der Waals surface area (Å²) in [6, 6.07) is 3.70. The Morgan fingerprint density at radius 3 is 2.67 bits per heavy atom. The molecule has 1 saturated carbocycles. The highest BCUT2D eigenvalue weighted by atomic mass is 32.1. The molecule has 98 valence electrons. The largest absolute Gasteiger partial charge is 0.299 e. The van der Waals surface area contributed by atoms with Crippen molar-refractivity contribution in [3.8, 4) is 0 Å². The maximum Gasteiger partial charge on any atom is 0.183 e. The summed E-state index contributed by atoms with van der Waals surface area (Å²) >= 11 is 1.44. The Morgan fingerprint density at radius 2 is 2.11 bits per heavy atom. The summed E-state index contributed by atoms with van der Waals surface area (Å²) in [4.78, 5) is 25.7. The minimum atomic E-state index is -0.412. The Bertz CT molecular complexity index is 433. The molecule has 1 aliphatic carbocycles. The van der Waals surface area contributed by atoms with E-state index in [1.54, 1.807) is 0 Å². The van der Waals surface area contributed by atoms with E-state index < -0.39 is 5.92 Å². The van der Waals surface area contributed by atoms with Gasteiger partial charge in [0.15, 0.2) is 5.78 Å². The number of hydrogen-bond acceptors (Lipinski definition) is 3. The van der Waals surface area contributed by atoms with Gasteiger partial charge < -0.3 is 0 Å². The van der Waals surface area contributed by atoms with Crippen molar-refractivity contribution in [1.29, 1.82) is 0 Å². The number of thiophene rings is 1. The van der Waals surface area contributed by atoms with Crippen LogP contribution in [0.25, 0.3) is 0 Å². The minimum absolute atomic E-state index is 0.0350. The van der Waals surface area contributed by atoms with Crippen LogP contribution in [0.5, 0.6) is 0 Å². The molecule has 18 heavy (non-hydrogen) atoms. The number of ketones is 2. The van der Waals surface area contributed by atoms with E-state index >= 15 is 0 Å². The van der Waals surface area contributed by atoms with Gasteiger partial charge in [0.1, 0.15) is 5.78 Å². The monoisotopic (exact) mass is 264 g/mol. The molecule has 0 radical (unpaired) electrons. The lowest BCUT2D eigenvalue weighted by molar-refractivity contribution is -0.130. The molecule has 1 aromatic rings. The molecule has 3 heteroatoms. The van der Waals surface area contributed by atoms with Gasteiger partial charge in [0.2, 0.25) is 0 Å². The van der Waals surface area contributed by atoms with E-state index in [1.165, 1.54) is 11.3 Å². The highest BCUT2D eigenvalue weighted by molar-refractivity contribution is 7.12. The van der Waals surface area contributed by atoms with Gasteiger partial charge in [0.25, 0.3) is 0 Å². The van der Waals surface area contributed by atoms with E-state index in [0.29, 0.717) is 5.92 Å². The predicted molar refractivity (Wildman–Crippen MR) is 73.9 cm³/mol. The first-order valence-corrected chi connectivity index (χ1v) is 7.51. The van der Waals surface area contributed by atoms with Gasteiger partial charge in [-0.3, -0.25) is 9.59 Å². The van der Waals surface area contributed by atoms with Crippen molar-refractivity contribution >= 4 is 22.9 Å². The van der Waals surface area contributed by atoms with Crippen molar-refractivity contribution < 1.29 is 9.59 Å². The van der Waals surface area contributed by atoms with Crippen molar-refractivity contribution in [2.75, 3.05) is 0 Å². The van der Waals surface area contributed by atoms with Crippen LogP contribution in [-0.2, 0) is 4.79 Å². The molecule has 1 aliphatic rings. The molecule has 1 fully saturated rings. The highest BCUT2D eigenvalue weighted by Crippen LogP contribution is 2.36. The Labute approximate surface area is 112 Å². The van der Waals surface area contributed by atoms with E-state index in [9.17, 15) is 9.59 Å². The standard InChI is InChI=1S/C15H20O2S/c1-9(2)11-7-6-10(3)13(14(11)16)15(17)12-5-4-8-18-12/h4-5,8-11,13H,6-7H2,1-3H3/t10-,11+,13?/m1/s1. The topological polar surface area (TPSA) is 34.1 Å². The summed E-state index contributed by atoms with van der Waals surface area (Å²) in [6.07, 6.45) is 1.92. The second kappa shape index (κ2) is 5.35. The molecule has 0 saturated heterocycles. The molecular weight excluding hydrogens is 244 g/mol. The molecule has 0 N–H and O–H groups in total. The molecule has 0 amide bonds. The van der Waals surface area contributed by atoms with Crippen molar-refractivity contribution in [1.82, 2.24) is 0 Å². The summed E-state index contributed by atoms with van der Waals surface area (Å²) < 4.78 is 0. The van der Waals surface area contributed by atoms with E-state index in [2.05, 4.69) is 13.8 Å². The zero-order valence-electron chi connectivity index (χ0n) is 11.2. The van der Waals surface area contributed by atoms with Crippen LogP contribution in [0.2, 0.25) is 0 Å². The quantitative estimate of drug-likeness (QED) is 0.614. The number of hydrogen-bond donors (Lipinski definition) is 0. The molecule has 1 heterocycles. The fraction of sp³-hybridized carbons (Fsp3) is 0.600. The van der Waals surface area contributed by atoms with Crippen LogP contribution >= 0.6 is 11.3 Å². The number of rotatable bonds is 3. The molecule has 1 unspecified atom stereocenters. The van der Waals surface area contributed by atoms with Gasteiger partial charge >= 0.3 is 0 Å². The molecule has 3 atom stereocenters. The van der Waals surface area contributed by atoms with Gasteiger partial charge in [-0.05, 0) is 36.1 Å². The first kappa shape index (κ1) is 13.5. The lowest BCUT2D eigenvalue weighted by Crippen LogP contribution is -2.40. The van der Waals surface area contributed by atoms with Crippen molar-refractivity contribution in [2.45, 2.75) is 33.6 Å². The molecule has 0 spiro atoms. The normalized spacial score (nSPS) is 28.7. The third-order valence-corrected chi connectivity index (χ3v) is 4.91. The lowest BCUT2D eigenvalue weighted by atomic mass is 9.68. The van der Waals surface area contributed by atoms with Gasteiger partial charge in [-0.25, -0.2) is 0 Å². The average molecular weight is 264 g/mol. The molecular formula is C15H20O2S. The highest BCUT2D eigenvalue weighted by Gasteiger charge is 2.41. The Morgan fingerprint density at radius 1 is 1.39 bits per heavy atom. The van der Waals surface area contributed by atoms with E-state index in [1.807, 2.05) is 24.4 Å². The molecule has 0 bridgehead atoms.